The van der Waals surface area contributed by atoms with Gasteiger partial charge in [0.2, 0.25) is 0 Å². The standard InChI is InChI=1S/C18H16N2O3S/c1-10-3-5-15-13(7-10)14(8-11(2)20-15)17(21)19-9-12-4-6-16(24-12)18(22)23/h3-8H,9H2,1-2H3,(H,19,21)(H,22,23). The Labute approximate surface area is 143 Å². The third-order valence-corrected chi connectivity index (χ3v) is 4.71. The van der Waals surface area contributed by atoms with Crippen LogP contribution in [0.15, 0.2) is 36.4 Å². The number of carbonyl (C=O) groups is 2. The predicted molar refractivity (Wildman–Crippen MR) is 93.7 cm³/mol. The second-order valence-electron chi connectivity index (χ2n) is 5.59. The predicted octanol–water partition coefficient (Wildman–Crippen LogP) is 3.54. The van der Waals surface area contributed by atoms with Gasteiger partial charge in [0.05, 0.1) is 17.6 Å². The molecule has 0 saturated carbocycles. The number of hydrogen-bond acceptors (Lipinski definition) is 4. The van der Waals surface area contributed by atoms with Gasteiger partial charge in [-0.2, -0.15) is 0 Å². The minimum absolute atomic E-state index is 0.193. The molecule has 2 aromatic heterocycles. The lowest BCUT2D eigenvalue weighted by Crippen LogP contribution is -2.23. The second kappa shape index (κ2) is 6.41. The minimum Gasteiger partial charge on any atom is -0.477 e. The van der Waals surface area contributed by atoms with Crippen LogP contribution < -0.4 is 5.32 Å². The van der Waals surface area contributed by atoms with Crippen LogP contribution in [-0.2, 0) is 6.54 Å². The summed E-state index contributed by atoms with van der Waals surface area (Å²) >= 11 is 1.16. The molecule has 122 valence electrons. The molecular formula is C18H16N2O3S. The number of pyridine rings is 1. The van der Waals surface area contributed by atoms with Gasteiger partial charge < -0.3 is 10.4 Å². The third kappa shape index (κ3) is 3.28. The summed E-state index contributed by atoms with van der Waals surface area (Å²) in [6.45, 7) is 4.13. The highest BCUT2D eigenvalue weighted by Gasteiger charge is 2.13. The number of aryl methyl sites for hydroxylation is 2. The van der Waals surface area contributed by atoms with Crippen molar-refractivity contribution in [1.29, 1.82) is 0 Å². The zero-order chi connectivity index (χ0) is 17.3. The molecule has 3 aromatic rings. The molecule has 1 aromatic carbocycles. The van der Waals surface area contributed by atoms with Crippen molar-refractivity contribution in [3.05, 3.63) is 63.0 Å². The van der Waals surface area contributed by atoms with E-state index in [1.807, 2.05) is 32.0 Å². The Morgan fingerprint density at radius 1 is 1.17 bits per heavy atom. The van der Waals surface area contributed by atoms with Crippen molar-refractivity contribution in [3.8, 4) is 0 Å². The summed E-state index contributed by atoms with van der Waals surface area (Å²) in [5, 5.41) is 12.6. The number of carbonyl (C=O) groups excluding carboxylic acids is 1. The smallest absolute Gasteiger partial charge is 0.345 e. The van der Waals surface area contributed by atoms with E-state index in [-0.39, 0.29) is 10.8 Å². The van der Waals surface area contributed by atoms with Crippen LogP contribution in [0.2, 0.25) is 0 Å². The monoisotopic (exact) mass is 340 g/mol. The van der Waals surface area contributed by atoms with Gasteiger partial charge in [-0.25, -0.2) is 4.79 Å². The fourth-order valence-electron chi connectivity index (χ4n) is 2.51. The van der Waals surface area contributed by atoms with E-state index in [1.165, 1.54) is 0 Å². The normalized spacial score (nSPS) is 10.8. The van der Waals surface area contributed by atoms with Crippen LogP contribution in [0.25, 0.3) is 10.9 Å². The molecule has 0 bridgehead atoms. The highest BCUT2D eigenvalue weighted by Crippen LogP contribution is 2.21. The maximum Gasteiger partial charge on any atom is 0.345 e. The number of benzene rings is 1. The Bertz CT molecular complexity index is 947. The fraction of sp³-hybridized carbons (Fsp3) is 0.167. The van der Waals surface area contributed by atoms with Gasteiger partial charge in [0.25, 0.3) is 5.91 Å². The first-order valence-corrected chi connectivity index (χ1v) is 8.24. The van der Waals surface area contributed by atoms with Gasteiger partial charge >= 0.3 is 5.97 Å². The van der Waals surface area contributed by atoms with Crippen LogP contribution in [0.3, 0.4) is 0 Å². The zero-order valence-electron chi connectivity index (χ0n) is 13.3. The maximum absolute atomic E-state index is 12.6. The second-order valence-corrected chi connectivity index (χ2v) is 6.75. The van der Waals surface area contributed by atoms with E-state index in [4.69, 9.17) is 5.11 Å². The largest absolute Gasteiger partial charge is 0.477 e. The van der Waals surface area contributed by atoms with E-state index in [0.29, 0.717) is 12.1 Å². The molecule has 1 amide bonds. The first-order valence-electron chi connectivity index (χ1n) is 7.42. The number of nitrogens with zero attached hydrogens (tertiary/aromatic N) is 1. The number of aromatic nitrogens is 1. The molecule has 5 nitrogen and oxygen atoms in total. The molecular weight excluding hydrogens is 324 g/mol. The molecule has 0 unspecified atom stereocenters. The summed E-state index contributed by atoms with van der Waals surface area (Å²) in [5.41, 5.74) is 3.21. The van der Waals surface area contributed by atoms with Gasteiger partial charge in [-0.05, 0) is 44.2 Å². The van der Waals surface area contributed by atoms with Crippen LogP contribution in [0.5, 0.6) is 0 Å². The zero-order valence-corrected chi connectivity index (χ0v) is 14.1. The summed E-state index contributed by atoms with van der Waals surface area (Å²) in [7, 11) is 0. The highest BCUT2D eigenvalue weighted by atomic mass is 32.1. The Morgan fingerprint density at radius 2 is 1.96 bits per heavy atom. The first kappa shape index (κ1) is 16.1. The Hall–Kier alpha value is -2.73. The number of fused-ring (bicyclic) bond motifs is 1. The van der Waals surface area contributed by atoms with Crippen LogP contribution in [0.4, 0.5) is 0 Å². The maximum atomic E-state index is 12.6. The SMILES string of the molecule is Cc1ccc2nc(C)cc(C(=O)NCc3ccc(C(=O)O)s3)c2c1. The fourth-order valence-corrected chi connectivity index (χ4v) is 3.30. The molecule has 0 aliphatic carbocycles. The van der Waals surface area contributed by atoms with Crippen molar-refractivity contribution >= 4 is 34.1 Å². The lowest BCUT2D eigenvalue weighted by atomic mass is 10.0. The van der Waals surface area contributed by atoms with E-state index >= 15 is 0 Å². The Balaban J connectivity index is 1.85. The Morgan fingerprint density at radius 3 is 2.67 bits per heavy atom. The average molecular weight is 340 g/mol. The van der Waals surface area contributed by atoms with E-state index in [9.17, 15) is 9.59 Å². The third-order valence-electron chi connectivity index (χ3n) is 3.63. The van der Waals surface area contributed by atoms with E-state index < -0.39 is 5.97 Å². The Kier molecular flexibility index (Phi) is 4.31. The summed E-state index contributed by atoms with van der Waals surface area (Å²) in [5.74, 6) is -1.15. The number of rotatable bonds is 4. The van der Waals surface area contributed by atoms with E-state index in [0.717, 1.165) is 38.4 Å². The molecule has 0 aliphatic heterocycles. The number of amides is 1. The van der Waals surface area contributed by atoms with Gasteiger partial charge in [0, 0.05) is 16.0 Å². The van der Waals surface area contributed by atoms with Gasteiger partial charge in [-0.15, -0.1) is 11.3 Å². The van der Waals surface area contributed by atoms with Crippen molar-refractivity contribution in [1.82, 2.24) is 10.3 Å². The van der Waals surface area contributed by atoms with Gasteiger partial charge in [-0.1, -0.05) is 11.6 Å². The van der Waals surface area contributed by atoms with Gasteiger partial charge in [0.15, 0.2) is 0 Å². The molecule has 0 radical (unpaired) electrons. The number of thiophene rings is 1. The number of carboxylic acid groups (broad SMARTS) is 1. The van der Waals surface area contributed by atoms with Crippen molar-refractivity contribution in [3.63, 3.8) is 0 Å². The lowest BCUT2D eigenvalue weighted by Gasteiger charge is -2.09. The van der Waals surface area contributed by atoms with Gasteiger partial charge in [0.1, 0.15) is 4.88 Å². The van der Waals surface area contributed by atoms with E-state index in [2.05, 4.69) is 10.3 Å². The average Bonchev–Trinajstić information content (AvgIpc) is 3.01. The molecule has 3 rings (SSSR count). The van der Waals surface area contributed by atoms with Crippen LogP contribution in [0, 0.1) is 13.8 Å². The number of nitrogens with one attached hydrogen (secondary N) is 1. The van der Waals surface area contributed by atoms with Crippen molar-refractivity contribution in [2.24, 2.45) is 0 Å². The van der Waals surface area contributed by atoms with Crippen LogP contribution >= 0.6 is 11.3 Å². The molecule has 0 fully saturated rings. The molecule has 0 saturated heterocycles. The molecule has 24 heavy (non-hydrogen) atoms. The van der Waals surface area contributed by atoms with Crippen molar-refractivity contribution in [2.45, 2.75) is 20.4 Å². The number of carboxylic acids is 1. The van der Waals surface area contributed by atoms with Crippen LogP contribution in [-0.4, -0.2) is 22.0 Å². The molecule has 0 spiro atoms. The molecule has 0 aliphatic rings. The summed E-state index contributed by atoms with van der Waals surface area (Å²) in [6.07, 6.45) is 0. The summed E-state index contributed by atoms with van der Waals surface area (Å²) in [6, 6.07) is 10.9. The lowest BCUT2D eigenvalue weighted by molar-refractivity contribution is 0.0702. The first-order chi connectivity index (χ1) is 11.4. The number of aromatic carboxylic acids is 1. The van der Waals surface area contributed by atoms with Crippen molar-refractivity contribution < 1.29 is 14.7 Å². The number of hydrogen-bond donors (Lipinski definition) is 2. The van der Waals surface area contributed by atoms with Crippen molar-refractivity contribution in [2.75, 3.05) is 0 Å². The highest BCUT2D eigenvalue weighted by molar-refractivity contribution is 7.13. The summed E-state index contributed by atoms with van der Waals surface area (Å²) < 4.78 is 0. The molecule has 2 heterocycles. The minimum atomic E-state index is -0.955. The summed E-state index contributed by atoms with van der Waals surface area (Å²) in [4.78, 5) is 29.0. The molecule has 2 N–H and O–H groups in total. The van der Waals surface area contributed by atoms with Crippen LogP contribution in [0.1, 0.15) is 36.2 Å². The topological polar surface area (TPSA) is 79.3 Å². The molecule has 6 heteroatoms. The van der Waals surface area contributed by atoms with E-state index in [1.54, 1.807) is 18.2 Å². The quantitative estimate of drug-likeness (QED) is 0.761. The van der Waals surface area contributed by atoms with Gasteiger partial charge in [-0.3, -0.25) is 9.78 Å². The molecule has 0 atom stereocenters.